The highest BCUT2D eigenvalue weighted by Crippen LogP contribution is 2.27. The van der Waals surface area contributed by atoms with Crippen molar-refractivity contribution in [1.29, 1.82) is 0 Å². The van der Waals surface area contributed by atoms with Crippen LogP contribution in [0.15, 0.2) is 59.5 Å². The Hall–Kier alpha value is -1.94. The van der Waals surface area contributed by atoms with Crippen LogP contribution in [0.1, 0.15) is 38.8 Å². The summed E-state index contributed by atoms with van der Waals surface area (Å²) in [5.41, 5.74) is 1.16. The fraction of sp³-hybridized carbons (Fsp3) is 0.381. The van der Waals surface area contributed by atoms with Crippen molar-refractivity contribution >= 4 is 17.7 Å². The van der Waals surface area contributed by atoms with Crippen molar-refractivity contribution in [2.45, 2.75) is 43.4 Å². The monoisotopic (exact) mass is 357 g/mol. The van der Waals surface area contributed by atoms with Crippen molar-refractivity contribution in [3.63, 3.8) is 0 Å². The number of hydrogen-bond acceptors (Lipinski definition) is 3. The van der Waals surface area contributed by atoms with E-state index in [1.807, 2.05) is 49.4 Å². The molecule has 4 heteroatoms. The van der Waals surface area contributed by atoms with Crippen LogP contribution in [-0.4, -0.2) is 18.3 Å². The van der Waals surface area contributed by atoms with Gasteiger partial charge in [0.15, 0.2) is 0 Å². The van der Waals surface area contributed by atoms with Gasteiger partial charge in [0.2, 0.25) is 5.91 Å². The zero-order valence-corrected chi connectivity index (χ0v) is 16.2. The lowest BCUT2D eigenvalue weighted by molar-refractivity contribution is -0.121. The van der Waals surface area contributed by atoms with E-state index in [2.05, 4.69) is 31.3 Å². The van der Waals surface area contributed by atoms with E-state index in [-0.39, 0.29) is 17.2 Å². The van der Waals surface area contributed by atoms with E-state index >= 15 is 0 Å². The van der Waals surface area contributed by atoms with Gasteiger partial charge in [0, 0.05) is 4.90 Å². The second kappa shape index (κ2) is 9.52. The Morgan fingerprint density at radius 1 is 1.04 bits per heavy atom. The predicted molar refractivity (Wildman–Crippen MR) is 105 cm³/mol. The van der Waals surface area contributed by atoms with Crippen LogP contribution >= 0.6 is 11.8 Å². The number of benzene rings is 2. The van der Waals surface area contributed by atoms with E-state index < -0.39 is 0 Å². The van der Waals surface area contributed by atoms with Crippen LogP contribution in [0.4, 0.5) is 0 Å². The first-order valence-corrected chi connectivity index (χ1v) is 9.53. The van der Waals surface area contributed by atoms with E-state index in [1.165, 1.54) is 0 Å². The van der Waals surface area contributed by atoms with Gasteiger partial charge >= 0.3 is 0 Å². The average Bonchev–Trinajstić information content (AvgIpc) is 2.62. The molecular weight excluding hydrogens is 330 g/mol. The van der Waals surface area contributed by atoms with Gasteiger partial charge in [-0.05, 0) is 49.1 Å². The SMILES string of the molecule is COc1ccc(S[C@@H](C)C(=O)N[C@@H](CC(C)C)c2ccccc2)cc1. The maximum atomic E-state index is 12.7. The Kier molecular flexibility index (Phi) is 7.38. The van der Waals surface area contributed by atoms with Gasteiger partial charge in [-0.3, -0.25) is 4.79 Å². The lowest BCUT2D eigenvalue weighted by Gasteiger charge is -2.23. The maximum absolute atomic E-state index is 12.7. The first-order valence-electron chi connectivity index (χ1n) is 8.65. The zero-order chi connectivity index (χ0) is 18.2. The van der Waals surface area contributed by atoms with Gasteiger partial charge in [-0.15, -0.1) is 11.8 Å². The van der Waals surface area contributed by atoms with Gasteiger partial charge in [-0.1, -0.05) is 44.2 Å². The minimum atomic E-state index is -0.160. The Balaban J connectivity index is 2.01. The molecule has 0 bridgehead atoms. The third-order valence-electron chi connectivity index (χ3n) is 3.97. The van der Waals surface area contributed by atoms with Crippen molar-refractivity contribution < 1.29 is 9.53 Å². The Bertz CT molecular complexity index is 655. The predicted octanol–water partition coefficient (Wildman–Crippen LogP) is 5.08. The topological polar surface area (TPSA) is 38.3 Å². The lowest BCUT2D eigenvalue weighted by atomic mass is 9.97. The van der Waals surface area contributed by atoms with Crippen LogP contribution in [0.5, 0.6) is 5.75 Å². The Morgan fingerprint density at radius 2 is 1.68 bits per heavy atom. The van der Waals surface area contributed by atoms with Gasteiger partial charge in [0.25, 0.3) is 0 Å². The fourth-order valence-electron chi connectivity index (χ4n) is 2.64. The van der Waals surface area contributed by atoms with Crippen molar-refractivity contribution in [3.8, 4) is 5.75 Å². The fourth-order valence-corrected chi connectivity index (χ4v) is 3.51. The molecule has 1 N–H and O–H groups in total. The van der Waals surface area contributed by atoms with Gasteiger partial charge < -0.3 is 10.1 Å². The van der Waals surface area contributed by atoms with E-state index in [0.29, 0.717) is 5.92 Å². The van der Waals surface area contributed by atoms with Crippen molar-refractivity contribution in [3.05, 3.63) is 60.2 Å². The lowest BCUT2D eigenvalue weighted by Crippen LogP contribution is -2.35. The number of rotatable bonds is 8. The molecule has 25 heavy (non-hydrogen) atoms. The molecule has 0 aliphatic rings. The van der Waals surface area contributed by atoms with Crippen LogP contribution in [0.25, 0.3) is 0 Å². The van der Waals surface area contributed by atoms with Crippen molar-refractivity contribution in [2.24, 2.45) is 5.92 Å². The molecule has 0 fully saturated rings. The standard InChI is InChI=1S/C21H27NO2S/c1-15(2)14-20(17-8-6-5-7-9-17)22-21(23)16(3)25-19-12-10-18(24-4)11-13-19/h5-13,15-16,20H,14H2,1-4H3,(H,22,23)/t16-,20-/m0/s1. The molecule has 0 heterocycles. The van der Waals surface area contributed by atoms with Crippen molar-refractivity contribution in [1.82, 2.24) is 5.32 Å². The number of nitrogens with one attached hydrogen (secondary N) is 1. The summed E-state index contributed by atoms with van der Waals surface area (Å²) in [6, 6.07) is 18.0. The molecule has 2 aromatic carbocycles. The molecule has 0 aromatic heterocycles. The first-order chi connectivity index (χ1) is 12.0. The molecule has 0 saturated heterocycles. The summed E-state index contributed by atoms with van der Waals surface area (Å²) in [6.45, 7) is 6.30. The summed E-state index contributed by atoms with van der Waals surface area (Å²) in [7, 11) is 1.65. The highest BCUT2D eigenvalue weighted by Gasteiger charge is 2.20. The molecule has 2 rings (SSSR count). The normalized spacial score (nSPS) is 13.3. The summed E-state index contributed by atoms with van der Waals surface area (Å²) in [6.07, 6.45) is 0.926. The third kappa shape index (κ3) is 6.13. The molecule has 0 saturated carbocycles. The average molecular weight is 358 g/mol. The quantitative estimate of drug-likeness (QED) is 0.670. The molecule has 0 unspecified atom stereocenters. The van der Waals surface area contributed by atoms with Gasteiger partial charge in [0.05, 0.1) is 18.4 Å². The number of carbonyl (C=O) groups excluding carboxylic acids is 1. The molecule has 2 atom stereocenters. The summed E-state index contributed by atoms with van der Waals surface area (Å²) in [5, 5.41) is 3.06. The molecule has 1 amide bonds. The second-order valence-corrected chi connectivity index (χ2v) is 7.95. The minimum Gasteiger partial charge on any atom is -0.497 e. The molecule has 0 aliphatic heterocycles. The molecular formula is C21H27NO2S. The highest BCUT2D eigenvalue weighted by molar-refractivity contribution is 8.00. The van der Waals surface area contributed by atoms with Gasteiger partial charge in [-0.2, -0.15) is 0 Å². The number of thioether (sulfide) groups is 1. The highest BCUT2D eigenvalue weighted by atomic mass is 32.2. The molecule has 134 valence electrons. The number of carbonyl (C=O) groups is 1. The van der Waals surface area contributed by atoms with Crippen LogP contribution in [0.3, 0.4) is 0 Å². The van der Waals surface area contributed by atoms with Gasteiger partial charge in [0.1, 0.15) is 5.75 Å². The van der Waals surface area contributed by atoms with Crippen LogP contribution in [0, 0.1) is 5.92 Å². The largest absolute Gasteiger partial charge is 0.497 e. The van der Waals surface area contributed by atoms with E-state index in [0.717, 1.165) is 22.6 Å². The molecule has 0 spiro atoms. The van der Waals surface area contributed by atoms with Crippen LogP contribution in [-0.2, 0) is 4.79 Å². The summed E-state index contributed by atoms with van der Waals surface area (Å²) >= 11 is 1.56. The number of methoxy groups -OCH3 is 1. The summed E-state index contributed by atoms with van der Waals surface area (Å²) < 4.78 is 5.17. The molecule has 0 aliphatic carbocycles. The van der Waals surface area contributed by atoms with Crippen LogP contribution < -0.4 is 10.1 Å². The molecule has 0 radical (unpaired) electrons. The maximum Gasteiger partial charge on any atom is 0.233 e. The number of amides is 1. The van der Waals surface area contributed by atoms with E-state index in [9.17, 15) is 4.79 Å². The Labute approximate surface area is 155 Å². The van der Waals surface area contributed by atoms with Gasteiger partial charge in [-0.25, -0.2) is 0 Å². The van der Waals surface area contributed by atoms with Crippen molar-refractivity contribution in [2.75, 3.05) is 7.11 Å². The summed E-state index contributed by atoms with van der Waals surface area (Å²) in [5.74, 6) is 1.40. The smallest absolute Gasteiger partial charge is 0.233 e. The Morgan fingerprint density at radius 3 is 2.24 bits per heavy atom. The minimum absolute atomic E-state index is 0.0487. The zero-order valence-electron chi connectivity index (χ0n) is 15.4. The van der Waals surface area contributed by atoms with Crippen LogP contribution in [0.2, 0.25) is 0 Å². The second-order valence-electron chi connectivity index (χ2n) is 6.54. The number of ether oxygens (including phenoxy) is 1. The third-order valence-corrected chi connectivity index (χ3v) is 5.08. The first kappa shape index (κ1) is 19.4. The van der Waals surface area contributed by atoms with E-state index in [4.69, 9.17) is 4.74 Å². The number of hydrogen-bond donors (Lipinski definition) is 1. The molecule has 2 aromatic rings. The van der Waals surface area contributed by atoms with E-state index in [1.54, 1.807) is 18.9 Å². The summed E-state index contributed by atoms with van der Waals surface area (Å²) in [4.78, 5) is 13.7. The molecule has 3 nitrogen and oxygen atoms in total.